The van der Waals surface area contributed by atoms with Gasteiger partial charge in [0.05, 0.1) is 6.04 Å². The third-order valence-electron chi connectivity index (χ3n) is 2.86. The zero-order valence-electron chi connectivity index (χ0n) is 10.0. The van der Waals surface area contributed by atoms with Crippen LogP contribution >= 0.6 is 15.9 Å². The summed E-state index contributed by atoms with van der Waals surface area (Å²) in [6.45, 7) is 0. The van der Waals surface area contributed by atoms with Crippen LogP contribution in [-0.2, 0) is 6.42 Å². The molecule has 0 aliphatic heterocycles. The Morgan fingerprint density at radius 2 is 1.95 bits per heavy atom. The molecule has 3 N–H and O–H groups in total. The van der Waals surface area contributed by atoms with Crippen molar-refractivity contribution in [1.29, 1.82) is 0 Å². The second kappa shape index (κ2) is 6.23. The van der Waals surface area contributed by atoms with E-state index in [0.717, 1.165) is 28.2 Å². The van der Waals surface area contributed by atoms with E-state index in [2.05, 4.69) is 21.4 Å². The summed E-state index contributed by atoms with van der Waals surface area (Å²) in [5.74, 6) is 4.51. The first-order valence-electron chi connectivity index (χ1n) is 5.75. The summed E-state index contributed by atoms with van der Waals surface area (Å²) >= 11 is 3.37. The van der Waals surface area contributed by atoms with E-state index in [9.17, 15) is 8.78 Å². The first-order valence-corrected chi connectivity index (χ1v) is 6.55. The molecule has 0 saturated heterocycles. The molecule has 5 heteroatoms. The number of hydrogen-bond acceptors (Lipinski definition) is 2. The zero-order chi connectivity index (χ0) is 13.8. The van der Waals surface area contributed by atoms with Crippen molar-refractivity contribution in [3.63, 3.8) is 0 Å². The molecule has 0 bridgehead atoms. The lowest BCUT2D eigenvalue weighted by Gasteiger charge is -2.17. The molecular weight excluding hydrogens is 314 g/mol. The van der Waals surface area contributed by atoms with Crippen LogP contribution in [0.25, 0.3) is 0 Å². The molecule has 0 aliphatic rings. The summed E-state index contributed by atoms with van der Waals surface area (Å²) in [6, 6.07) is 10.5. The number of halogens is 3. The van der Waals surface area contributed by atoms with Crippen LogP contribution in [0.3, 0.4) is 0 Å². The Morgan fingerprint density at radius 3 is 2.63 bits per heavy atom. The normalized spacial score (nSPS) is 12.4. The third kappa shape index (κ3) is 3.59. The van der Waals surface area contributed by atoms with Crippen LogP contribution in [0.4, 0.5) is 8.78 Å². The molecule has 19 heavy (non-hydrogen) atoms. The highest BCUT2D eigenvalue weighted by Crippen LogP contribution is 2.23. The average Bonchev–Trinajstić information content (AvgIpc) is 2.39. The van der Waals surface area contributed by atoms with E-state index >= 15 is 0 Å². The minimum Gasteiger partial charge on any atom is -0.271 e. The van der Waals surface area contributed by atoms with Crippen LogP contribution < -0.4 is 11.3 Å². The van der Waals surface area contributed by atoms with E-state index in [0.29, 0.717) is 6.42 Å². The summed E-state index contributed by atoms with van der Waals surface area (Å²) in [6.07, 6.45) is 0.469. The second-order valence-corrected chi connectivity index (χ2v) is 5.13. The van der Waals surface area contributed by atoms with Crippen LogP contribution in [-0.4, -0.2) is 0 Å². The molecule has 0 spiro atoms. The van der Waals surface area contributed by atoms with Crippen LogP contribution in [0.5, 0.6) is 0 Å². The lowest BCUT2D eigenvalue weighted by atomic mass is 9.99. The fourth-order valence-corrected chi connectivity index (χ4v) is 2.39. The largest absolute Gasteiger partial charge is 0.271 e. The molecule has 100 valence electrons. The lowest BCUT2D eigenvalue weighted by Crippen LogP contribution is -2.30. The molecule has 0 aromatic heterocycles. The lowest BCUT2D eigenvalue weighted by molar-refractivity contribution is 0.502. The van der Waals surface area contributed by atoms with Crippen molar-refractivity contribution < 1.29 is 8.78 Å². The Hall–Kier alpha value is -1.30. The second-order valence-electron chi connectivity index (χ2n) is 4.22. The number of hydrogen-bond donors (Lipinski definition) is 2. The van der Waals surface area contributed by atoms with Gasteiger partial charge in [0.1, 0.15) is 11.6 Å². The summed E-state index contributed by atoms with van der Waals surface area (Å²) in [4.78, 5) is 0. The number of nitrogens with two attached hydrogens (primary N) is 1. The van der Waals surface area contributed by atoms with Gasteiger partial charge in [-0.25, -0.2) is 8.78 Å². The molecule has 0 amide bonds. The van der Waals surface area contributed by atoms with E-state index in [1.54, 1.807) is 0 Å². The molecule has 2 aromatic carbocycles. The first kappa shape index (κ1) is 14.1. The maximum atomic E-state index is 13.7. The first-order chi connectivity index (χ1) is 9.10. The number of nitrogens with one attached hydrogen (secondary N) is 1. The summed E-state index contributed by atoms with van der Waals surface area (Å²) in [7, 11) is 0. The minimum absolute atomic E-state index is 0.225. The molecular formula is C14H13BrF2N2. The van der Waals surface area contributed by atoms with Crippen molar-refractivity contribution in [2.75, 3.05) is 0 Å². The minimum atomic E-state index is -0.481. The highest BCUT2D eigenvalue weighted by Gasteiger charge is 2.16. The Balaban J connectivity index is 2.27. The predicted molar refractivity (Wildman–Crippen MR) is 74.3 cm³/mol. The van der Waals surface area contributed by atoms with Gasteiger partial charge in [-0.15, -0.1) is 0 Å². The van der Waals surface area contributed by atoms with E-state index in [4.69, 9.17) is 5.84 Å². The molecule has 2 rings (SSSR count). The number of benzene rings is 2. The highest BCUT2D eigenvalue weighted by atomic mass is 79.9. The highest BCUT2D eigenvalue weighted by molar-refractivity contribution is 9.10. The fourth-order valence-electron chi connectivity index (χ4n) is 1.94. The molecule has 0 heterocycles. The maximum Gasteiger partial charge on any atom is 0.128 e. The smallest absolute Gasteiger partial charge is 0.128 e. The molecule has 0 radical (unpaired) electrons. The number of rotatable bonds is 4. The zero-order valence-corrected chi connectivity index (χ0v) is 11.6. The third-order valence-corrected chi connectivity index (χ3v) is 3.36. The van der Waals surface area contributed by atoms with Crippen molar-refractivity contribution in [3.8, 4) is 0 Å². The maximum absolute atomic E-state index is 13.7. The monoisotopic (exact) mass is 326 g/mol. The predicted octanol–water partition coefficient (Wildman–Crippen LogP) is 3.47. The standard InChI is InChI=1S/C14H13BrF2N2/c15-10-3-1-2-9(6-10)7-14(19-18)12-8-11(16)4-5-13(12)17/h1-6,8,14,19H,7,18H2. The summed E-state index contributed by atoms with van der Waals surface area (Å²) < 4.78 is 27.9. The molecule has 0 fully saturated rings. The molecule has 1 atom stereocenters. The van der Waals surface area contributed by atoms with E-state index < -0.39 is 17.7 Å². The topological polar surface area (TPSA) is 38.0 Å². The molecule has 2 aromatic rings. The molecule has 0 saturated carbocycles. The van der Waals surface area contributed by atoms with Gasteiger partial charge in [0.15, 0.2) is 0 Å². The summed E-state index contributed by atoms with van der Waals surface area (Å²) in [5, 5.41) is 0. The van der Waals surface area contributed by atoms with Crippen LogP contribution in [0.2, 0.25) is 0 Å². The van der Waals surface area contributed by atoms with Crippen molar-refractivity contribution in [2.24, 2.45) is 5.84 Å². The van der Waals surface area contributed by atoms with E-state index in [-0.39, 0.29) is 5.56 Å². The Labute approximate surface area is 118 Å². The van der Waals surface area contributed by atoms with Gasteiger partial charge in [0.2, 0.25) is 0 Å². The van der Waals surface area contributed by atoms with Gasteiger partial charge in [-0.3, -0.25) is 11.3 Å². The Bertz CT molecular complexity index is 575. The molecule has 1 unspecified atom stereocenters. The van der Waals surface area contributed by atoms with E-state index in [1.807, 2.05) is 24.3 Å². The van der Waals surface area contributed by atoms with Gasteiger partial charge < -0.3 is 0 Å². The molecule has 0 aliphatic carbocycles. The van der Waals surface area contributed by atoms with Crippen LogP contribution in [0.15, 0.2) is 46.9 Å². The van der Waals surface area contributed by atoms with Gasteiger partial charge in [-0.1, -0.05) is 28.1 Å². The Morgan fingerprint density at radius 1 is 1.16 bits per heavy atom. The van der Waals surface area contributed by atoms with Gasteiger partial charge in [-0.2, -0.15) is 0 Å². The van der Waals surface area contributed by atoms with Crippen molar-refractivity contribution in [3.05, 3.63) is 69.7 Å². The van der Waals surface area contributed by atoms with Gasteiger partial charge in [-0.05, 0) is 42.3 Å². The van der Waals surface area contributed by atoms with E-state index in [1.165, 1.54) is 0 Å². The van der Waals surface area contributed by atoms with Crippen molar-refractivity contribution >= 4 is 15.9 Å². The van der Waals surface area contributed by atoms with Crippen LogP contribution in [0, 0.1) is 11.6 Å². The van der Waals surface area contributed by atoms with Crippen LogP contribution in [0.1, 0.15) is 17.2 Å². The SMILES string of the molecule is NNC(Cc1cccc(Br)c1)c1cc(F)ccc1F. The Kier molecular flexibility index (Phi) is 4.63. The van der Waals surface area contributed by atoms with Gasteiger partial charge in [0, 0.05) is 10.0 Å². The quantitative estimate of drug-likeness (QED) is 0.667. The van der Waals surface area contributed by atoms with Crippen molar-refractivity contribution in [1.82, 2.24) is 5.43 Å². The van der Waals surface area contributed by atoms with Gasteiger partial charge in [0.25, 0.3) is 0 Å². The van der Waals surface area contributed by atoms with Gasteiger partial charge >= 0.3 is 0 Å². The summed E-state index contributed by atoms with van der Waals surface area (Å²) in [5.41, 5.74) is 3.73. The van der Waals surface area contributed by atoms with Crippen molar-refractivity contribution in [2.45, 2.75) is 12.5 Å². The average molecular weight is 327 g/mol. The fraction of sp³-hybridized carbons (Fsp3) is 0.143. The number of hydrazine groups is 1. The molecule has 2 nitrogen and oxygen atoms in total.